The molecule has 3 aromatic carbocycles. The molecule has 1 aliphatic rings. The van der Waals surface area contributed by atoms with Gasteiger partial charge in [0.15, 0.2) is 11.5 Å². The maximum atomic E-state index is 13.2. The Balaban J connectivity index is 1.70. The first-order valence-corrected chi connectivity index (χ1v) is 10.3. The van der Waals surface area contributed by atoms with Crippen LogP contribution in [0.25, 0.3) is 0 Å². The number of fused-ring (bicyclic) bond motifs is 1. The van der Waals surface area contributed by atoms with E-state index in [0.717, 1.165) is 24.3 Å². The highest BCUT2D eigenvalue weighted by molar-refractivity contribution is 6.09. The quantitative estimate of drug-likeness (QED) is 0.419. The molecule has 1 N–H and O–H groups in total. The number of nitro benzene ring substituents is 1. The van der Waals surface area contributed by atoms with Gasteiger partial charge in [0.1, 0.15) is 5.56 Å². The molecule has 164 valence electrons. The minimum Gasteiger partial charge on any atom is -0.493 e. The molecule has 0 fully saturated rings. The molecule has 4 rings (SSSR count). The van der Waals surface area contributed by atoms with E-state index in [1.807, 2.05) is 36.4 Å². The Bertz CT molecular complexity index is 1180. The molecule has 0 spiro atoms. The maximum absolute atomic E-state index is 13.2. The number of carbonyl (C=O) groups is 1. The maximum Gasteiger partial charge on any atom is 0.286 e. The lowest BCUT2D eigenvalue weighted by atomic mass is 10.1. The van der Waals surface area contributed by atoms with Crippen molar-refractivity contribution < 1.29 is 19.2 Å². The summed E-state index contributed by atoms with van der Waals surface area (Å²) < 4.78 is 10.7. The van der Waals surface area contributed by atoms with Crippen LogP contribution in [0.15, 0.2) is 60.7 Å². The minimum absolute atomic E-state index is 0.101. The summed E-state index contributed by atoms with van der Waals surface area (Å²) in [6, 6.07) is 18.1. The van der Waals surface area contributed by atoms with E-state index in [1.165, 1.54) is 24.8 Å². The first-order chi connectivity index (χ1) is 15.5. The predicted octanol–water partition coefficient (Wildman–Crippen LogP) is 4.95. The Morgan fingerprint density at radius 2 is 1.81 bits per heavy atom. The number of rotatable bonds is 7. The van der Waals surface area contributed by atoms with E-state index in [0.29, 0.717) is 12.3 Å². The lowest BCUT2D eigenvalue weighted by Crippen LogP contribution is -2.19. The Labute approximate surface area is 185 Å². The number of ether oxygens (including phenoxy) is 2. The van der Waals surface area contributed by atoms with Gasteiger partial charge in [0, 0.05) is 18.3 Å². The Morgan fingerprint density at radius 3 is 2.53 bits per heavy atom. The van der Waals surface area contributed by atoms with E-state index >= 15 is 0 Å². The Kier molecular flexibility index (Phi) is 5.93. The molecule has 1 aliphatic heterocycles. The van der Waals surface area contributed by atoms with Crippen LogP contribution in [0.4, 0.5) is 22.7 Å². The van der Waals surface area contributed by atoms with E-state index in [2.05, 4.69) is 16.3 Å². The third-order valence-corrected chi connectivity index (χ3v) is 5.35. The van der Waals surface area contributed by atoms with Gasteiger partial charge >= 0.3 is 0 Å². The molecular weight excluding hydrogens is 410 g/mol. The first kappa shape index (κ1) is 21.2. The number of hydrogen-bond donors (Lipinski definition) is 1. The number of methoxy groups -OCH3 is 1. The molecule has 3 aromatic rings. The van der Waals surface area contributed by atoms with Gasteiger partial charge < -0.3 is 19.7 Å². The van der Waals surface area contributed by atoms with Gasteiger partial charge in [0.2, 0.25) is 0 Å². The van der Waals surface area contributed by atoms with Crippen molar-refractivity contribution in [2.24, 2.45) is 0 Å². The van der Waals surface area contributed by atoms with Gasteiger partial charge in [-0.2, -0.15) is 0 Å². The second-order valence-electron chi connectivity index (χ2n) is 7.21. The fourth-order valence-electron chi connectivity index (χ4n) is 3.90. The van der Waals surface area contributed by atoms with Crippen molar-refractivity contribution in [3.8, 4) is 11.5 Å². The van der Waals surface area contributed by atoms with E-state index in [1.54, 1.807) is 13.0 Å². The standard InChI is InChI=1S/C24H23N3O5/c1-3-32-23-14-17(21(27(29)30)15-22(23)31-2)24(28)25-18-9-5-7-11-20(18)26-13-12-16-8-4-6-10-19(16)26/h4-11,14-15H,3,12-13H2,1-2H3,(H,25,28). The molecule has 0 saturated heterocycles. The van der Waals surface area contributed by atoms with Crippen LogP contribution in [0.2, 0.25) is 0 Å². The largest absolute Gasteiger partial charge is 0.493 e. The summed E-state index contributed by atoms with van der Waals surface area (Å²) in [5.74, 6) is -0.128. The molecule has 1 heterocycles. The summed E-state index contributed by atoms with van der Waals surface area (Å²) in [6.45, 7) is 2.89. The van der Waals surface area contributed by atoms with Crippen molar-refractivity contribution in [2.45, 2.75) is 13.3 Å². The highest BCUT2D eigenvalue weighted by Gasteiger charge is 2.27. The van der Waals surface area contributed by atoms with Gasteiger partial charge in [-0.25, -0.2) is 0 Å². The molecule has 0 radical (unpaired) electrons. The van der Waals surface area contributed by atoms with Gasteiger partial charge in [-0.3, -0.25) is 14.9 Å². The molecule has 0 unspecified atom stereocenters. The molecule has 8 heteroatoms. The summed E-state index contributed by atoms with van der Waals surface area (Å²) in [6.07, 6.45) is 0.903. The van der Waals surface area contributed by atoms with Crippen molar-refractivity contribution in [1.29, 1.82) is 0 Å². The average Bonchev–Trinajstić information content (AvgIpc) is 3.23. The number of nitro groups is 1. The molecular formula is C24H23N3O5. The third kappa shape index (κ3) is 3.94. The highest BCUT2D eigenvalue weighted by atomic mass is 16.6. The molecule has 0 aliphatic carbocycles. The van der Waals surface area contributed by atoms with Crippen LogP contribution in [0, 0.1) is 10.1 Å². The molecule has 32 heavy (non-hydrogen) atoms. The monoisotopic (exact) mass is 433 g/mol. The van der Waals surface area contributed by atoms with Crippen molar-refractivity contribution in [3.63, 3.8) is 0 Å². The summed E-state index contributed by atoms with van der Waals surface area (Å²) in [4.78, 5) is 26.4. The number of anilines is 3. The molecule has 0 atom stereocenters. The van der Waals surface area contributed by atoms with Crippen LogP contribution in [-0.2, 0) is 6.42 Å². The minimum atomic E-state index is -0.601. The SMILES string of the molecule is CCOc1cc(C(=O)Nc2ccccc2N2CCc3ccccc32)c([N+](=O)[O-])cc1OC. The summed E-state index contributed by atoms with van der Waals surface area (Å²) in [5, 5.41) is 14.5. The molecule has 8 nitrogen and oxygen atoms in total. The zero-order chi connectivity index (χ0) is 22.7. The fraction of sp³-hybridized carbons (Fsp3) is 0.208. The Morgan fingerprint density at radius 1 is 1.09 bits per heavy atom. The molecule has 1 amide bonds. The van der Waals surface area contributed by atoms with Crippen LogP contribution in [0.5, 0.6) is 11.5 Å². The summed E-state index contributed by atoms with van der Waals surface area (Å²) >= 11 is 0. The van der Waals surface area contributed by atoms with Crippen LogP contribution < -0.4 is 19.7 Å². The molecule has 0 saturated carbocycles. The van der Waals surface area contributed by atoms with Crippen molar-refractivity contribution in [1.82, 2.24) is 0 Å². The van der Waals surface area contributed by atoms with Gasteiger partial charge in [-0.15, -0.1) is 0 Å². The normalized spacial score (nSPS) is 12.2. The van der Waals surface area contributed by atoms with Gasteiger partial charge in [-0.05, 0) is 37.1 Å². The van der Waals surface area contributed by atoms with Crippen LogP contribution in [0.3, 0.4) is 0 Å². The first-order valence-electron chi connectivity index (χ1n) is 10.3. The predicted molar refractivity (Wildman–Crippen MR) is 122 cm³/mol. The lowest BCUT2D eigenvalue weighted by molar-refractivity contribution is -0.385. The summed E-state index contributed by atoms with van der Waals surface area (Å²) in [7, 11) is 1.39. The zero-order valence-corrected chi connectivity index (χ0v) is 17.8. The van der Waals surface area contributed by atoms with Gasteiger partial charge in [0.05, 0.1) is 36.1 Å². The highest BCUT2D eigenvalue weighted by Crippen LogP contribution is 2.39. The lowest BCUT2D eigenvalue weighted by Gasteiger charge is -2.23. The second-order valence-corrected chi connectivity index (χ2v) is 7.21. The van der Waals surface area contributed by atoms with E-state index < -0.39 is 10.8 Å². The van der Waals surface area contributed by atoms with Gasteiger partial charge in [-0.1, -0.05) is 30.3 Å². The zero-order valence-electron chi connectivity index (χ0n) is 17.8. The number of nitrogens with one attached hydrogen (secondary N) is 1. The van der Waals surface area contributed by atoms with Gasteiger partial charge in [0.25, 0.3) is 11.6 Å². The Hall–Kier alpha value is -4.07. The average molecular weight is 433 g/mol. The van der Waals surface area contributed by atoms with Crippen LogP contribution >= 0.6 is 0 Å². The number of nitrogens with zero attached hydrogens (tertiary/aromatic N) is 2. The van der Waals surface area contributed by atoms with Crippen LogP contribution in [-0.4, -0.2) is 31.1 Å². The molecule has 0 bridgehead atoms. The number of amides is 1. The fourth-order valence-corrected chi connectivity index (χ4v) is 3.90. The van der Waals surface area contributed by atoms with E-state index in [-0.39, 0.29) is 22.7 Å². The van der Waals surface area contributed by atoms with E-state index in [9.17, 15) is 14.9 Å². The van der Waals surface area contributed by atoms with Crippen molar-refractivity contribution in [3.05, 3.63) is 81.9 Å². The third-order valence-electron chi connectivity index (χ3n) is 5.35. The number of carbonyl (C=O) groups excluding carboxylic acids is 1. The van der Waals surface area contributed by atoms with Crippen molar-refractivity contribution in [2.75, 3.05) is 30.5 Å². The topological polar surface area (TPSA) is 93.9 Å². The number of para-hydroxylation sites is 3. The number of benzene rings is 3. The van der Waals surface area contributed by atoms with Crippen molar-refractivity contribution >= 4 is 28.7 Å². The number of hydrogen-bond acceptors (Lipinski definition) is 6. The summed E-state index contributed by atoms with van der Waals surface area (Å²) in [5.41, 5.74) is 3.26. The second kappa shape index (κ2) is 8.97. The van der Waals surface area contributed by atoms with Crippen LogP contribution in [0.1, 0.15) is 22.8 Å². The van der Waals surface area contributed by atoms with E-state index in [4.69, 9.17) is 9.47 Å². The molecule has 0 aromatic heterocycles. The smallest absolute Gasteiger partial charge is 0.286 e.